The van der Waals surface area contributed by atoms with Crippen molar-refractivity contribution in [1.29, 1.82) is 0 Å². The fourth-order valence-electron chi connectivity index (χ4n) is 4.43. The Labute approximate surface area is 224 Å². The number of alkyl carbamates (subject to hydrolysis) is 1. The number of carbonyl (C=O) groups excluding carboxylic acids is 4. The Hall–Kier alpha value is -3.88. The van der Waals surface area contributed by atoms with Crippen LogP contribution in [0.25, 0.3) is 0 Å². The van der Waals surface area contributed by atoms with Crippen LogP contribution < -0.4 is 16.4 Å². The lowest BCUT2D eigenvalue weighted by molar-refractivity contribution is -0.142. The van der Waals surface area contributed by atoms with Crippen molar-refractivity contribution in [2.75, 3.05) is 5.32 Å². The Morgan fingerprint density at radius 2 is 1.61 bits per heavy atom. The summed E-state index contributed by atoms with van der Waals surface area (Å²) in [6, 6.07) is 12.2. The van der Waals surface area contributed by atoms with Crippen molar-refractivity contribution in [2.45, 2.75) is 78.1 Å². The zero-order chi connectivity index (χ0) is 28.2. The number of ether oxygens (including phenoxy) is 1. The van der Waals surface area contributed by atoms with Gasteiger partial charge in [0.2, 0.25) is 11.8 Å². The molecule has 0 saturated heterocycles. The predicted molar refractivity (Wildman–Crippen MR) is 145 cm³/mol. The summed E-state index contributed by atoms with van der Waals surface area (Å²) in [5, 5.41) is 5.50. The van der Waals surface area contributed by atoms with Crippen molar-refractivity contribution in [1.82, 2.24) is 10.2 Å². The Balaban J connectivity index is 2.05. The van der Waals surface area contributed by atoms with Crippen LogP contribution in [0.2, 0.25) is 0 Å². The summed E-state index contributed by atoms with van der Waals surface area (Å²) in [5.41, 5.74) is 7.64. The molecule has 0 radical (unpaired) electrons. The number of amides is 4. The van der Waals surface area contributed by atoms with Crippen LogP contribution in [0, 0.1) is 19.8 Å². The summed E-state index contributed by atoms with van der Waals surface area (Å²) in [5.74, 6) is -1.60. The topological polar surface area (TPSA) is 131 Å². The molecule has 9 heteroatoms. The zero-order valence-electron chi connectivity index (χ0n) is 22.9. The number of benzene rings is 2. The molecular formula is C29H38N4O5. The normalized spacial score (nSPS) is 18.1. The molecule has 4 atom stereocenters. The van der Waals surface area contributed by atoms with Gasteiger partial charge in [-0.1, -0.05) is 49.4 Å². The number of para-hydroxylation sites is 1. The van der Waals surface area contributed by atoms with Crippen molar-refractivity contribution in [3.05, 3.63) is 65.2 Å². The zero-order valence-corrected chi connectivity index (χ0v) is 22.9. The minimum absolute atomic E-state index is 0.132. The minimum Gasteiger partial charge on any atom is -0.444 e. The number of aryl methyl sites for hydroxylation is 2. The van der Waals surface area contributed by atoms with Gasteiger partial charge in [-0.3, -0.25) is 14.4 Å². The van der Waals surface area contributed by atoms with Gasteiger partial charge in [-0.05, 0) is 69.7 Å². The Bertz CT molecular complexity index is 1210. The summed E-state index contributed by atoms with van der Waals surface area (Å²) in [6.45, 7) is 10.8. The van der Waals surface area contributed by atoms with Crippen LogP contribution in [0.4, 0.5) is 10.5 Å². The second kappa shape index (κ2) is 11.7. The van der Waals surface area contributed by atoms with Gasteiger partial charge < -0.3 is 26.0 Å². The molecule has 4 N–H and O–H groups in total. The summed E-state index contributed by atoms with van der Waals surface area (Å²) in [6.07, 6.45) is -0.602. The van der Waals surface area contributed by atoms with E-state index < -0.39 is 47.9 Å². The van der Waals surface area contributed by atoms with E-state index in [0.717, 1.165) is 11.1 Å². The molecule has 9 nitrogen and oxygen atoms in total. The average Bonchev–Trinajstić information content (AvgIpc) is 3.52. The lowest BCUT2D eigenvalue weighted by atomic mass is 9.97. The molecule has 0 heterocycles. The molecule has 1 fully saturated rings. The van der Waals surface area contributed by atoms with Crippen molar-refractivity contribution in [2.24, 2.45) is 11.7 Å². The van der Waals surface area contributed by atoms with E-state index in [0.29, 0.717) is 17.7 Å². The number of primary amides is 1. The van der Waals surface area contributed by atoms with Crippen LogP contribution in [0.1, 0.15) is 63.3 Å². The van der Waals surface area contributed by atoms with Gasteiger partial charge in [0, 0.05) is 11.7 Å². The maximum absolute atomic E-state index is 14.1. The third kappa shape index (κ3) is 7.34. The fraction of sp³-hybridized carbons (Fsp3) is 0.448. The number of anilines is 1. The highest BCUT2D eigenvalue weighted by atomic mass is 16.6. The number of hydrogen-bond acceptors (Lipinski definition) is 5. The monoisotopic (exact) mass is 522 g/mol. The predicted octanol–water partition coefficient (Wildman–Crippen LogP) is 3.99. The second-order valence-corrected chi connectivity index (χ2v) is 11.0. The summed E-state index contributed by atoms with van der Waals surface area (Å²) in [4.78, 5) is 54.1. The first-order chi connectivity index (χ1) is 17.8. The quantitative estimate of drug-likeness (QED) is 0.458. The van der Waals surface area contributed by atoms with Crippen LogP contribution in [-0.4, -0.2) is 46.4 Å². The highest BCUT2D eigenvalue weighted by molar-refractivity contribution is 6.00. The van der Waals surface area contributed by atoms with Crippen LogP contribution in [0.15, 0.2) is 48.5 Å². The van der Waals surface area contributed by atoms with Gasteiger partial charge in [0.25, 0.3) is 5.91 Å². The first-order valence-electron chi connectivity index (χ1n) is 12.8. The Morgan fingerprint density at radius 1 is 1.03 bits per heavy atom. The minimum atomic E-state index is -1.30. The van der Waals surface area contributed by atoms with Gasteiger partial charge in [0.15, 0.2) is 0 Å². The molecule has 3 rings (SSSR count). The Kier molecular flexibility index (Phi) is 8.81. The first-order valence-corrected chi connectivity index (χ1v) is 12.8. The molecule has 1 aliphatic carbocycles. The molecule has 4 amide bonds. The van der Waals surface area contributed by atoms with Crippen molar-refractivity contribution in [3.63, 3.8) is 0 Å². The molecule has 38 heavy (non-hydrogen) atoms. The van der Waals surface area contributed by atoms with Crippen LogP contribution >= 0.6 is 0 Å². The van der Waals surface area contributed by atoms with Crippen LogP contribution in [-0.2, 0) is 19.1 Å². The van der Waals surface area contributed by atoms with E-state index in [2.05, 4.69) is 10.6 Å². The van der Waals surface area contributed by atoms with E-state index in [4.69, 9.17) is 10.5 Å². The van der Waals surface area contributed by atoms with Crippen LogP contribution in [0.5, 0.6) is 0 Å². The van der Waals surface area contributed by atoms with Crippen molar-refractivity contribution < 1.29 is 23.9 Å². The van der Waals surface area contributed by atoms with Gasteiger partial charge in [0.1, 0.15) is 17.7 Å². The molecule has 0 spiro atoms. The molecule has 0 aliphatic heterocycles. The molecule has 0 bridgehead atoms. The third-order valence-electron chi connectivity index (χ3n) is 6.49. The lowest BCUT2D eigenvalue weighted by Crippen LogP contribution is -2.54. The van der Waals surface area contributed by atoms with Crippen LogP contribution in [0.3, 0.4) is 0 Å². The number of rotatable bonds is 9. The lowest BCUT2D eigenvalue weighted by Gasteiger charge is -2.35. The number of nitrogens with two attached hydrogens (primary N) is 1. The van der Waals surface area contributed by atoms with E-state index in [-0.39, 0.29) is 12.0 Å². The molecule has 1 saturated carbocycles. The molecule has 204 valence electrons. The maximum atomic E-state index is 14.1. The smallest absolute Gasteiger partial charge is 0.408 e. The van der Waals surface area contributed by atoms with Gasteiger partial charge in [-0.15, -0.1) is 0 Å². The SMILES string of the molecule is Cc1ccccc1NC(=O)C(c1ccccc1C)N(C(=O)C(CC(N)=O)NC(=O)OC(C)(C)C)C1CC1C. The van der Waals surface area contributed by atoms with Gasteiger partial charge in [-0.2, -0.15) is 0 Å². The molecule has 2 aromatic carbocycles. The van der Waals surface area contributed by atoms with E-state index in [9.17, 15) is 19.2 Å². The molecular weight excluding hydrogens is 484 g/mol. The average molecular weight is 523 g/mol. The van der Waals surface area contributed by atoms with Crippen molar-refractivity contribution in [3.8, 4) is 0 Å². The highest BCUT2D eigenvalue weighted by Gasteiger charge is 2.48. The fourth-order valence-corrected chi connectivity index (χ4v) is 4.43. The number of carbonyl (C=O) groups is 4. The molecule has 4 unspecified atom stereocenters. The van der Waals surface area contributed by atoms with E-state index >= 15 is 0 Å². The molecule has 0 aromatic heterocycles. The van der Waals surface area contributed by atoms with E-state index in [1.54, 1.807) is 26.8 Å². The van der Waals surface area contributed by atoms with E-state index in [1.165, 1.54) is 4.90 Å². The number of nitrogens with one attached hydrogen (secondary N) is 2. The summed E-state index contributed by atoms with van der Waals surface area (Å²) < 4.78 is 5.33. The van der Waals surface area contributed by atoms with Gasteiger partial charge >= 0.3 is 6.09 Å². The second-order valence-electron chi connectivity index (χ2n) is 11.0. The number of hydrogen-bond donors (Lipinski definition) is 3. The largest absolute Gasteiger partial charge is 0.444 e. The van der Waals surface area contributed by atoms with E-state index in [1.807, 2.05) is 63.2 Å². The Morgan fingerprint density at radius 3 is 2.13 bits per heavy atom. The third-order valence-corrected chi connectivity index (χ3v) is 6.49. The standard InChI is InChI=1S/C29H38N4O5/c1-17-11-7-9-13-20(17)25(26(35)31-21-14-10-8-12-18(21)2)33(23-15-19(23)3)27(36)22(16-24(30)34)32-28(37)38-29(4,5)6/h7-14,19,22-23,25H,15-16H2,1-6H3,(H2,30,34)(H,31,35)(H,32,37). The van der Waals surface area contributed by atoms with Gasteiger partial charge in [-0.25, -0.2) is 4.79 Å². The summed E-state index contributed by atoms with van der Waals surface area (Å²) >= 11 is 0. The maximum Gasteiger partial charge on any atom is 0.408 e. The summed E-state index contributed by atoms with van der Waals surface area (Å²) in [7, 11) is 0. The van der Waals surface area contributed by atoms with Gasteiger partial charge in [0.05, 0.1) is 6.42 Å². The molecule has 1 aliphatic rings. The van der Waals surface area contributed by atoms with Crippen molar-refractivity contribution >= 4 is 29.5 Å². The highest BCUT2D eigenvalue weighted by Crippen LogP contribution is 2.41. The molecule has 2 aromatic rings. The first kappa shape index (κ1) is 28.7. The number of nitrogens with zero attached hydrogens (tertiary/aromatic N) is 1.